The average molecular weight is 554 g/mol. The third-order valence-corrected chi connectivity index (χ3v) is 8.65. The topological polar surface area (TPSA) is 109 Å². The highest BCUT2D eigenvalue weighted by Gasteiger charge is 2.41. The number of hydrogen-bond acceptors (Lipinski definition) is 6. The van der Waals surface area contributed by atoms with E-state index in [0.717, 1.165) is 61.5 Å². The van der Waals surface area contributed by atoms with E-state index in [9.17, 15) is 14.7 Å². The van der Waals surface area contributed by atoms with Gasteiger partial charge in [0.05, 0.1) is 24.4 Å². The molecule has 220 valence electrons. The van der Waals surface area contributed by atoms with Gasteiger partial charge in [-0.3, -0.25) is 14.3 Å². The molecule has 0 saturated carbocycles. The highest BCUT2D eigenvalue weighted by molar-refractivity contribution is 5.89. The standard InChI is InChI=1S/C31H47N5O4/c1-6-36-27(11-15-33-36)24-7-8-26(29(17-24)40-16-12-23-9-13-32-14-10-23)22(5)34-30(38)28-18-25(37)19-35(28)31(39)21(4)20(2)3/h7-8,11,15,17,20-23,25,28,32,37H,6,9-10,12-14,16,18-19H2,1-5H3,(H,34,38). The number of likely N-dealkylation sites (tertiary alicyclic amines) is 1. The van der Waals surface area contributed by atoms with Crippen molar-refractivity contribution in [3.63, 3.8) is 0 Å². The van der Waals surface area contributed by atoms with Crippen molar-refractivity contribution in [3.05, 3.63) is 36.0 Å². The molecule has 2 amide bonds. The molecule has 2 aliphatic heterocycles. The van der Waals surface area contributed by atoms with Crippen LogP contribution in [0.4, 0.5) is 0 Å². The van der Waals surface area contributed by atoms with Crippen LogP contribution in [0.2, 0.25) is 0 Å². The largest absolute Gasteiger partial charge is 0.493 e. The van der Waals surface area contributed by atoms with Gasteiger partial charge in [0.2, 0.25) is 11.8 Å². The van der Waals surface area contributed by atoms with Crippen molar-refractivity contribution in [3.8, 4) is 17.0 Å². The summed E-state index contributed by atoms with van der Waals surface area (Å²) in [6, 6.07) is 7.07. The minimum Gasteiger partial charge on any atom is -0.493 e. The van der Waals surface area contributed by atoms with Crippen molar-refractivity contribution in [2.75, 3.05) is 26.2 Å². The Kier molecular flexibility index (Phi) is 10.2. The third kappa shape index (κ3) is 7.04. The van der Waals surface area contributed by atoms with E-state index in [1.54, 1.807) is 11.1 Å². The Morgan fingerprint density at radius 2 is 1.93 bits per heavy atom. The molecule has 0 bridgehead atoms. The van der Waals surface area contributed by atoms with E-state index in [4.69, 9.17) is 4.74 Å². The summed E-state index contributed by atoms with van der Waals surface area (Å²) in [6.45, 7) is 13.6. The van der Waals surface area contributed by atoms with Gasteiger partial charge in [-0.15, -0.1) is 0 Å². The molecule has 2 aliphatic rings. The van der Waals surface area contributed by atoms with Crippen LogP contribution < -0.4 is 15.4 Å². The molecular formula is C31H47N5O4. The van der Waals surface area contributed by atoms with Crippen molar-refractivity contribution in [1.29, 1.82) is 0 Å². The van der Waals surface area contributed by atoms with Gasteiger partial charge in [0.25, 0.3) is 0 Å². The number of hydrogen-bond donors (Lipinski definition) is 3. The number of carbonyl (C=O) groups excluding carboxylic acids is 2. The van der Waals surface area contributed by atoms with Crippen LogP contribution in [-0.2, 0) is 16.1 Å². The van der Waals surface area contributed by atoms with Gasteiger partial charge in [-0.05, 0) is 70.2 Å². The minimum absolute atomic E-state index is 0.0850. The molecule has 0 radical (unpaired) electrons. The SMILES string of the molecule is CCn1nccc1-c1ccc(C(C)NC(=O)C2CC(O)CN2C(=O)C(C)C(C)C)c(OCCC2CCNCC2)c1. The normalized spacial score (nSPS) is 21.4. The first-order valence-corrected chi connectivity index (χ1v) is 15.0. The van der Waals surface area contributed by atoms with Crippen LogP contribution in [0.25, 0.3) is 11.3 Å². The van der Waals surface area contributed by atoms with Crippen molar-refractivity contribution >= 4 is 11.8 Å². The maximum atomic E-state index is 13.5. The Balaban J connectivity index is 1.52. The van der Waals surface area contributed by atoms with E-state index in [-0.39, 0.29) is 42.7 Å². The number of benzene rings is 1. The highest BCUT2D eigenvalue weighted by Crippen LogP contribution is 2.32. The lowest BCUT2D eigenvalue weighted by Crippen LogP contribution is -2.48. The molecule has 2 fully saturated rings. The number of carbonyl (C=O) groups is 2. The molecule has 4 atom stereocenters. The van der Waals surface area contributed by atoms with E-state index in [1.807, 2.05) is 56.6 Å². The third-order valence-electron chi connectivity index (χ3n) is 8.65. The smallest absolute Gasteiger partial charge is 0.243 e. The van der Waals surface area contributed by atoms with Gasteiger partial charge in [-0.1, -0.05) is 32.9 Å². The molecule has 4 rings (SSSR count). The Morgan fingerprint density at radius 1 is 1.18 bits per heavy atom. The van der Waals surface area contributed by atoms with Crippen LogP contribution in [-0.4, -0.2) is 70.0 Å². The summed E-state index contributed by atoms with van der Waals surface area (Å²) in [5.41, 5.74) is 2.91. The van der Waals surface area contributed by atoms with Crippen LogP contribution in [0.5, 0.6) is 5.75 Å². The Labute approximate surface area is 238 Å². The second-order valence-electron chi connectivity index (χ2n) is 11.8. The van der Waals surface area contributed by atoms with E-state index in [2.05, 4.69) is 22.7 Å². The minimum atomic E-state index is -0.703. The summed E-state index contributed by atoms with van der Waals surface area (Å²) in [5, 5.41) is 21.3. The van der Waals surface area contributed by atoms with Gasteiger partial charge in [0, 0.05) is 42.8 Å². The zero-order valence-corrected chi connectivity index (χ0v) is 24.7. The molecule has 3 N–H and O–H groups in total. The van der Waals surface area contributed by atoms with Crippen LogP contribution >= 0.6 is 0 Å². The number of ether oxygens (including phenoxy) is 1. The van der Waals surface area contributed by atoms with Crippen molar-refractivity contribution in [1.82, 2.24) is 25.3 Å². The number of nitrogens with zero attached hydrogens (tertiary/aromatic N) is 3. The van der Waals surface area contributed by atoms with Crippen molar-refractivity contribution < 1.29 is 19.4 Å². The molecule has 9 heteroatoms. The molecule has 4 unspecified atom stereocenters. The molecule has 3 heterocycles. The van der Waals surface area contributed by atoms with Crippen LogP contribution in [0.1, 0.15) is 71.9 Å². The summed E-state index contributed by atoms with van der Waals surface area (Å²) >= 11 is 0. The lowest BCUT2D eigenvalue weighted by atomic mass is 9.95. The summed E-state index contributed by atoms with van der Waals surface area (Å²) in [5.74, 6) is 0.996. The van der Waals surface area contributed by atoms with Gasteiger partial charge in [-0.25, -0.2) is 0 Å². The van der Waals surface area contributed by atoms with Crippen molar-refractivity contribution in [2.24, 2.45) is 17.8 Å². The summed E-state index contributed by atoms with van der Waals surface area (Å²) in [4.78, 5) is 28.1. The fraction of sp³-hybridized carbons (Fsp3) is 0.645. The maximum absolute atomic E-state index is 13.5. The molecule has 0 aliphatic carbocycles. The number of nitrogens with one attached hydrogen (secondary N) is 2. The lowest BCUT2D eigenvalue weighted by molar-refractivity contribution is -0.142. The summed E-state index contributed by atoms with van der Waals surface area (Å²) < 4.78 is 8.36. The molecule has 1 aromatic heterocycles. The average Bonchev–Trinajstić information content (AvgIpc) is 3.59. The first-order valence-electron chi connectivity index (χ1n) is 15.0. The number of piperidine rings is 1. The van der Waals surface area contributed by atoms with Gasteiger partial charge in [0.15, 0.2) is 0 Å². The van der Waals surface area contributed by atoms with Crippen LogP contribution in [0, 0.1) is 17.8 Å². The number of aliphatic hydroxyl groups is 1. The first-order chi connectivity index (χ1) is 19.2. The molecule has 40 heavy (non-hydrogen) atoms. The second kappa shape index (κ2) is 13.6. The van der Waals surface area contributed by atoms with Crippen molar-refractivity contribution in [2.45, 2.75) is 85.0 Å². The number of aryl methyl sites for hydroxylation is 1. The van der Waals surface area contributed by atoms with Gasteiger partial charge >= 0.3 is 0 Å². The number of rotatable bonds is 11. The lowest BCUT2D eigenvalue weighted by Gasteiger charge is -2.29. The maximum Gasteiger partial charge on any atom is 0.243 e. The fourth-order valence-electron chi connectivity index (χ4n) is 5.75. The first kappa shape index (κ1) is 30.1. The molecule has 2 saturated heterocycles. The Hall–Kier alpha value is -2.91. The number of aliphatic hydroxyl groups excluding tert-OH is 1. The number of aromatic nitrogens is 2. The summed E-state index contributed by atoms with van der Waals surface area (Å²) in [7, 11) is 0. The predicted molar refractivity (Wildman–Crippen MR) is 156 cm³/mol. The zero-order valence-electron chi connectivity index (χ0n) is 24.7. The van der Waals surface area contributed by atoms with Gasteiger partial charge < -0.3 is 25.4 Å². The quantitative estimate of drug-likeness (QED) is 0.391. The van der Waals surface area contributed by atoms with E-state index < -0.39 is 12.1 Å². The zero-order chi connectivity index (χ0) is 28.8. The second-order valence-corrected chi connectivity index (χ2v) is 11.8. The number of β-amino-alcohol motifs (C(OH)–C–C–N with tert-alkyl or cyclic N) is 1. The van der Waals surface area contributed by atoms with Crippen LogP contribution in [0.3, 0.4) is 0 Å². The van der Waals surface area contributed by atoms with Gasteiger partial charge in [0.1, 0.15) is 11.8 Å². The molecule has 1 aromatic carbocycles. The van der Waals surface area contributed by atoms with Crippen LogP contribution in [0.15, 0.2) is 30.5 Å². The monoisotopic (exact) mass is 553 g/mol. The summed E-state index contributed by atoms with van der Waals surface area (Å²) in [6.07, 6.45) is 4.66. The molecule has 2 aromatic rings. The van der Waals surface area contributed by atoms with E-state index in [1.165, 1.54) is 0 Å². The molecule has 0 spiro atoms. The molecule has 9 nitrogen and oxygen atoms in total. The number of amides is 2. The fourth-order valence-corrected chi connectivity index (χ4v) is 5.75. The van der Waals surface area contributed by atoms with E-state index >= 15 is 0 Å². The predicted octanol–water partition coefficient (Wildman–Crippen LogP) is 3.77. The molecular weight excluding hydrogens is 506 g/mol. The Morgan fingerprint density at radius 3 is 2.62 bits per heavy atom. The van der Waals surface area contributed by atoms with Gasteiger partial charge in [-0.2, -0.15) is 5.10 Å². The Bertz CT molecular complexity index is 1140. The highest BCUT2D eigenvalue weighted by atomic mass is 16.5. The van der Waals surface area contributed by atoms with E-state index in [0.29, 0.717) is 12.5 Å².